The Balaban J connectivity index is 0.000000186. The van der Waals surface area contributed by atoms with Gasteiger partial charge in [-0.2, -0.15) is 0 Å². The van der Waals surface area contributed by atoms with Crippen molar-refractivity contribution in [2.24, 2.45) is 0 Å². The molecule has 2 aromatic heterocycles. The van der Waals surface area contributed by atoms with Gasteiger partial charge >= 0.3 is 6.09 Å². The topological polar surface area (TPSA) is 67.4 Å². The van der Waals surface area contributed by atoms with Crippen molar-refractivity contribution in [1.29, 1.82) is 0 Å². The van der Waals surface area contributed by atoms with Crippen LogP contribution in [0.5, 0.6) is 0 Å². The Bertz CT molecular complexity index is 814. The number of anilines is 2. The molecule has 0 bridgehead atoms. The van der Waals surface area contributed by atoms with Crippen molar-refractivity contribution < 1.29 is 9.53 Å². The number of carbonyl (C=O) groups is 1. The number of aromatic nitrogens is 2. The number of halogens is 2. The number of rotatable bonds is 4. The molecule has 2 fully saturated rings. The van der Waals surface area contributed by atoms with Gasteiger partial charge in [-0.25, -0.2) is 14.8 Å². The van der Waals surface area contributed by atoms with E-state index < -0.39 is 5.60 Å². The molecular weight excluding hydrogens is 500 g/mol. The Morgan fingerprint density at radius 3 is 2.10 bits per heavy atom. The van der Waals surface area contributed by atoms with Crippen molar-refractivity contribution in [3.05, 3.63) is 45.6 Å². The second kappa shape index (κ2) is 9.43. The molecule has 1 amide bonds. The third kappa shape index (κ3) is 7.59. The molecule has 29 heavy (non-hydrogen) atoms. The van der Waals surface area contributed by atoms with Gasteiger partial charge in [0, 0.05) is 33.4 Å². The maximum Gasteiger partial charge on any atom is 0.416 e. The lowest BCUT2D eigenvalue weighted by Crippen LogP contribution is -2.38. The lowest BCUT2D eigenvalue weighted by Gasteiger charge is -2.26. The van der Waals surface area contributed by atoms with Gasteiger partial charge in [0.05, 0.1) is 0 Å². The van der Waals surface area contributed by atoms with E-state index in [1.807, 2.05) is 51.2 Å². The van der Waals surface area contributed by atoms with Crippen LogP contribution in [-0.2, 0) is 4.74 Å². The first-order valence-corrected chi connectivity index (χ1v) is 11.3. The van der Waals surface area contributed by atoms with Crippen LogP contribution < -0.4 is 10.2 Å². The molecule has 0 radical (unpaired) electrons. The standard InChI is InChI=1S/C13H17BrN2O2.C8H9BrN2/c1-13(2,3)18-12(17)16(10-5-6-10)11-7-4-9(14)8-15-11;9-6-1-4-8(10-5-6)11-7-2-3-7/h4,7-8,10H,5-6H2,1-3H3;1,4-5,7H,2-3H2,(H,10,11). The first-order chi connectivity index (χ1) is 13.7. The number of pyridine rings is 2. The molecule has 6 nitrogen and oxygen atoms in total. The van der Waals surface area contributed by atoms with Crippen molar-refractivity contribution in [3.63, 3.8) is 0 Å². The molecule has 0 aliphatic heterocycles. The molecule has 2 heterocycles. The molecule has 0 atom stereocenters. The summed E-state index contributed by atoms with van der Waals surface area (Å²) in [4.78, 5) is 22.3. The predicted octanol–water partition coefficient (Wildman–Crippen LogP) is 6.17. The highest BCUT2D eigenvalue weighted by Gasteiger charge is 2.37. The Morgan fingerprint density at radius 1 is 1.03 bits per heavy atom. The third-order valence-electron chi connectivity index (χ3n) is 4.12. The van der Waals surface area contributed by atoms with Gasteiger partial charge in [-0.15, -0.1) is 0 Å². The van der Waals surface area contributed by atoms with E-state index in [9.17, 15) is 4.79 Å². The highest BCUT2D eigenvalue weighted by Crippen LogP contribution is 2.32. The summed E-state index contributed by atoms with van der Waals surface area (Å²) in [5.41, 5.74) is -0.487. The predicted molar refractivity (Wildman–Crippen MR) is 122 cm³/mol. The first-order valence-electron chi connectivity index (χ1n) is 9.73. The quantitative estimate of drug-likeness (QED) is 0.517. The van der Waals surface area contributed by atoms with Crippen molar-refractivity contribution in [2.75, 3.05) is 10.2 Å². The number of nitrogens with zero attached hydrogens (tertiary/aromatic N) is 3. The van der Waals surface area contributed by atoms with Crippen LogP contribution in [0.1, 0.15) is 46.5 Å². The number of nitrogens with one attached hydrogen (secondary N) is 1. The number of hydrogen-bond donors (Lipinski definition) is 1. The number of ether oxygens (including phenoxy) is 1. The van der Waals surface area contributed by atoms with E-state index >= 15 is 0 Å². The van der Waals surface area contributed by atoms with E-state index in [-0.39, 0.29) is 12.1 Å². The molecule has 2 saturated carbocycles. The lowest BCUT2D eigenvalue weighted by atomic mass is 10.2. The van der Waals surface area contributed by atoms with Crippen LogP contribution in [-0.4, -0.2) is 33.7 Å². The van der Waals surface area contributed by atoms with Crippen LogP contribution in [0, 0.1) is 0 Å². The monoisotopic (exact) mass is 524 g/mol. The summed E-state index contributed by atoms with van der Waals surface area (Å²) in [6.07, 6.45) is 7.78. The molecule has 2 aliphatic carbocycles. The molecule has 4 rings (SSSR count). The van der Waals surface area contributed by atoms with Crippen LogP contribution in [0.25, 0.3) is 0 Å². The van der Waals surface area contributed by atoms with Crippen molar-refractivity contribution in [3.8, 4) is 0 Å². The van der Waals surface area contributed by atoms with Crippen molar-refractivity contribution >= 4 is 49.6 Å². The van der Waals surface area contributed by atoms with Gasteiger partial charge in [-0.1, -0.05) is 0 Å². The maximum atomic E-state index is 12.2. The normalized spacial score (nSPS) is 15.8. The van der Waals surface area contributed by atoms with Crippen LogP contribution in [0.2, 0.25) is 0 Å². The zero-order valence-electron chi connectivity index (χ0n) is 16.9. The van der Waals surface area contributed by atoms with E-state index in [0.717, 1.165) is 27.6 Å². The summed E-state index contributed by atoms with van der Waals surface area (Å²) in [5, 5.41) is 3.31. The fourth-order valence-electron chi connectivity index (χ4n) is 2.48. The second-order valence-electron chi connectivity index (χ2n) is 8.20. The zero-order chi connectivity index (χ0) is 21.0. The Morgan fingerprint density at radius 2 is 1.66 bits per heavy atom. The van der Waals surface area contributed by atoms with E-state index in [0.29, 0.717) is 11.9 Å². The summed E-state index contributed by atoms with van der Waals surface area (Å²) < 4.78 is 7.34. The Kier molecular flexibility index (Phi) is 7.16. The summed E-state index contributed by atoms with van der Waals surface area (Å²) >= 11 is 6.67. The first kappa shape index (κ1) is 22.0. The van der Waals surface area contributed by atoms with Crippen LogP contribution in [0.3, 0.4) is 0 Å². The van der Waals surface area contributed by atoms with Gasteiger partial charge in [-0.3, -0.25) is 4.90 Å². The summed E-state index contributed by atoms with van der Waals surface area (Å²) in [6, 6.07) is 8.60. The van der Waals surface area contributed by atoms with E-state index in [2.05, 4.69) is 47.1 Å². The average Bonchev–Trinajstić information content (AvgIpc) is 3.54. The fourth-order valence-corrected chi connectivity index (χ4v) is 2.95. The summed E-state index contributed by atoms with van der Waals surface area (Å²) in [5.74, 6) is 1.63. The van der Waals surface area contributed by atoms with E-state index in [1.165, 1.54) is 12.8 Å². The highest BCUT2D eigenvalue weighted by atomic mass is 79.9. The van der Waals surface area contributed by atoms with Gasteiger partial charge in [0.25, 0.3) is 0 Å². The molecule has 0 saturated heterocycles. The van der Waals surface area contributed by atoms with E-state index in [1.54, 1.807) is 11.1 Å². The lowest BCUT2D eigenvalue weighted by molar-refractivity contribution is 0.0576. The van der Waals surface area contributed by atoms with Crippen LogP contribution >= 0.6 is 31.9 Å². The van der Waals surface area contributed by atoms with Gasteiger partial charge in [0.15, 0.2) is 0 Å². The largest absolute Gasteiger partial charge is 0.443 e. The molecule has 156 valence electrons. The maximum absolute atomic E-state index is 12.2. The number of amides is 1. The molecule has 2 aromatic rings. The second-order valence-corrected chi connectivity index (χ2v) is 10.0. The molecule has 8 heteroatoms. The van der Waals surface area contributed by atoms with Crippen molar-refractivity contribution in [2.45, 2.75) is 64.1 Å². The minimum atomic E-state index is -0.487. The SMILES string of the molecule is Brc1ccc(NC2CC2)nc1.CC(C)(C)OC(=O)N(c1ccc(Br)cn1)C1CC1. The molecule has 2 aliphatic rings. The van der Waals surface area contributed by atoms with Crippen LogP contribution in [0.4, 0.5) is 16.4 Å². The summed E-state index contributed by atoms with van der Waals surface area (Å²) in [6.45, 7) is 5.60. The molecular formula is C21H26Br2N4O2. The average molecular weight is 526 g/mol. The smallest absolute Gasteiger partial charge is 0.416 e. The molecule has 0 aromatic carbocycles. The van der Waals surface area contributed by atoms with Gasteiger partial charge < -0.3 is 10.1 Å². The Hall–Kier alpha value is -1.67. The molecule has 0 spiro atoms. The van der Waals surface area contributed by atoms with Gasteiger partial charge in [-0.05, 0) is 103 Å². The fraction of sp³-hybridized carbons (Fsp3) is 0.476. The number of hydrogen-bond acceptors (Lipinski definition) is 5. The van der Waals surface area contributed by atoms with E-state index in [4.69, 9.17) is 4.74 Å². The highest BCUT2D eigenvalue weighted by molar-refractivity contribution is 9.10. The molecule has 0 unspecified atom stereocenters. The van der Waals surface area contributed by atoms with Crippen molar-refractivity contribution in [1.82, 2.24) is 9.97 Å². The minimum absolute atomic E-state index is 0.230. The Labute approximate surface area is 188 Å². The number of carbonyl (C=O) groups excluding carboxylic acids is 1. The minimum Gasteiger partial charge on any atom is -0.443 e. The van der Waals surface area contributed by atoms with Gasteiger partial charge in [0.1, 0.15) is 17.2 Å². The zero-order valence-corrected chi connectivity index (χ0v) is 20.0. The van der Waals surface area contributed by atoms with Crippen LogP contribution in [0.15, 0.2) is 45.6 Å². The summed E-state index contributed by atoms with van der Waals surface area (Å²) in [7, 11) is 0. The third-order valence-corrected chi connectivity index (χ3v) is 5.06. The van der Waals surface area contributed by atoms with Gasteiger partial charge in [0.2, 0.25) is 0 Å². The molecule has 1 N–H and O–H groups in total.